The number of halogens is 1. The summed E-state index contributed by atoms with van der Waals surface area (Å²) in [7, 11) is 0. The lowest BCUT2D eigenvalue weighted by Gasteiger charge is -2.33. The number of amides is 2. The number of carbonyl (C=O) groups excluding carboxylic acids is 2. The molecule has 2 amide bonds. The van der Waals surface area contributed by atoms with Gasteiger partial charge in [0.15, 0.2) is 6.61 Å². The maximum atomic E-state index is 13.7. The first-order valence-corrected chi connectivity index (χ1v) is 13.0. The number of nitrogens with zero attached hydrogens (tertiary/aromatic N) is 1. The molecule has 3 aromatic rings. The predicted molar refractivity (Wildman–Crippen MR) is 150 cm³/mol. The Morgan fingerprint density at radius 3 is 2.16 bits per heavy atom. The summed E-state index contributed by atoms with van der Waals surface area (Å²) in [5.41, 5.74) is 2.54. The van der Waals surface area contributed by atoms with Gasteiger partial charge in [0.05, 0.1) is 0 Å². The Hall–Kier alpha value is -3.31. The van der Waals surface area contributed by atoms with E-state index < -0.39 is 11.6 Å². The van der Waals surface area contributed by atoms with E-state index in [1.807, 2.05) is 93.6 Å². The number of nitrogens with one attached hydrogen (secondary N) is 1. The van der Waals surface area contributed by atoms with Gasteiger partial charge in [-0.15, -0.1) is 0 Å². The molecule has 0 bridgehead atoms. The molecule has 0 aliphatic heterocycles. The Bertz CT molecular complexity index is 1170. The van der Waals surface area contributed by atoms with E-state index in [0.29, 0.717) is 23.1 Å². The first kappa shape index (κ1) is 28.3. The van der Waals surface area contributed by atoms with Crippen LogP contribution in [0.15, 0.2) is 78.9 Å². The van der Waals surface area contributed by atoms with Crippen LogP contribution >= 0.6 is 11.6 Å². The van der Waals surface area contributed by atoms with Crippen molar-refractivity contribution in [3.8, 4) is 5.75 Å². The molecule has 37 heavy (non-hydrogen) atoms. The molecule has 0 saturated carbocycles. The molecule has 0 heterocycles. The molecular formula is C31H37ClN2O3. The van der Waals surface area contributed by atoms with Gasteiger partial charge in [-0.3, -0.25) is 9.59 Å². The van der Waals surface area contributed by atoms with Crippen molar-refractivity contribution in [3.05, 3.63) is 101 Å². The molecule has 1 atom stereocenters. The van der Waals surface area contributed by atoms with E-state index in [4.69, 9.17) is 16.3 Å². The zero-order chi connectivity index (χ0) is 27.0. The minimum Gasteiger partial charge on any atom is -0.484 e. The molecule has 0 fully saturated rings. The average Bonchev–Trinajstić information content (AvgIpc) is 2.84. The molecule has 5 nitrogen and oxygen atoms in total. The van der Waals surface area contributed by atoms with Gasteiger partial charge in [-0.05, 0) is 67.6 Å². The maximum Gasteiger partial charge on any atom is 0.261 e. The van der Waals surface area contributed by atoms with Gasteiger partial charge in [0.2, 0.25) is 5.91 Å². The summed E-state index contributed by atoms with van der Waals surface area (Å²) >= 11 is 6.24. The highest BCUT2D eigenvalue weighted by Crippen LogP contribution is 2.21. The van der Waals surface area contributed by atoms with Crippen molar-refractivity contribution in [3.63, 3.8) is 0 Å². The molecule has 0 aliphatic carbocycles. The van der Waals surface area contributed by atoms with Crippen LogP contribution in [0.4, 0.5) is 0 Å². The summed E-state index contributed by atoms with van der Waals surface area (Å²) < 4.78 is 5.88. The van der Waals surface area contributed by atoms with Crippen molar-refractivity contribution in [2.75, 3.05) is 6.61 Å². The van der Waals surface area contributed by atoms with E-state index in [-0.39, 0.29) is 25.0 Å². The van der Waals surface area contributed by atoms with Crippen LogP contribution in [0.3, 0.4) is 0 Å². The lowest BCUT2D eigenvalue weighted by molar-refractivity contribution is -0.143. The van der Waals surface area contributed by atoms with E-state index in [2.05, 4.69) is 19.2 Å². The van der Waals surface area contributed by atoms with Gasteiger partial charge in [0, 0.05) is 23.5 Å². The largest absolute Gasteiger partial charge is 0.484 e. The molecule has 1 unspecified atom stereocenters. The van der Waals surface area contributed by atoms with E-state index >= 15 is 0 Å². The Kier molecular flexibility index (Phi) is 9.76. The number of ether oxygens (including phenoxy) is 1. The van der Waals surface area contributed by atoms with Crippen LogP contribution in [0.1, 0.15) is 57.2 Å². The van der Waals surface area contributed by atoms with Crippen LogP contribution in [0.25, 0.3) is 0 Å². The number of hydrogen-bond acceptors (Lipinski definition) is 3. The second kappa shape index (κ2) is 12.8. The van der Waals surface area contributed by atoms with Crippen molar-refractivity contribution in [2.45, 2.75) is 65.1 Å². The zero-order valence-corrected chi connectivity index (χ0v) is 23.1. The lowest BCUT2D eigenvalue weighted by Crippen LogP contribution is -2.55. The van der Waals surface area contributed by atoms with Gasteiger partial charge in [-0.1, -0.05) is 80.0 Å². The van der Waals surface area contributed by atoms with Crippen LogP contribution in [0.2, 0.25) is 5.02 Å². The summed E-state index contributed by atoms with van der Waals surface area (Å²) in [6.07, 6.45) is 0.373. The minimum atomic E-state index is -0.736. The number of rotatable bonds is 10. The Morgan fingerprint density at radius 2 is 1.57 bits per heavy atom. The molecule has 6 heteroatoms. The van der Waals surface area contributed by atoms with Crippen LogP contribution in [-0.4, -0.2) is 34.9 Å². The summed E-state index contributed by atoms with van der Waals surface area (Å²) in [5, 5.41) is 3.64. The zero-order valence-electron chi connectivity index (χ0n) is 22.3. The van der Waals surface area contributed by atoms with Crippen molar-refractivity contribution in [2.24, 2.45) is 0 Å². The second-order valence-corrected chi connectivity index (χ2v) is 11.0. The molecule has 1 N–H and O–H groups in total. The van der Waals surface area contributed by atoms with Crippen LogP contribution in [0, 0.1) is 0 Å². The third kappa shape index (κ3) is 8.94. The summed E-state index contributed by atoms with van der Waals surface area (Å²) in [5.74, 6) is 0.522. The Balaban J connectivity index is 1.90. The molecule has 3 aromatic carbocycles. The fourth-order valence-electron chi connectivity index (χ4n) is 4.02. The third-order valence-electron chi connectivity index (χ3n) is 5.92. The van der Waals surface area contributed by atoms with E-state index in [0.717, 1.165) is 11.1 Å². The molecule has 196 valence electrons. The molecule has 0 aliphatic rings. The smallest absolute Gasteiger partial charge is 0.261 e. The molecular weight excluding hydrogens is 484 g/mol. The van der Waals surface area contributed by atoms with Gasteiger partial charge >= 0.3 is 0 Å². The van der Waals surface area contributed by atoms with Gasteiger partial charge in [-0.2, -0.15) is 0 Å². The second-order valence-electron chi connectivity index (χ2n) is 10.6. The molecule has 0 saturated heterocycles. The highest BCUT2D eigenvalue weighted by molar-refractivity contribution is 6.30. The fraction of sp³-hybridized carbons (Fsp3) is 0.355. The monoisotopic (exact) mass is 520 g/mol. The number of benzene rings is 3. The van der Waals surface area contributed by atoms with Gasteiger partial charge in [-0.25, -0.2) is 0 Å². The fourth-order valence-corrected chi connectivity index (χ4v) is 4.23. The topological polar surface area (TPSA) is 58.6 Å². The van der Waals surface area contributed by atoms with E-state index in [9.17, 15) is 9.59 Å². The first-order valence-electron chi connectivity index (χ1n) is 12.6. The lowest BCUT2D eigenvalue weighted by atomic mass is 10.0. The highest BCUT2D eigenvalue weighted by atomic mass is 35.5. The van der Waals surface area contributed by atoms with Crippen molar-refractivity contribution in [1.82, 2.24) is 10.2 Å². The maximum absolute atomic E-state index is 13.7. The average molecular weight is 521 g/mol. The van der Waals surface area contributed by atoms with Crippen molar-refractivity contribution < 1.29 is 14.3 Å². The Morgan fingerprint density at radius 1 is 0.919 bits per heavy atom. The van der Waals surface area contributed by atoms with Crippen LogP contribution < -0.4 is 10.1 Å². The normalized spacial score (nSPS) is 12.2. The molecule has 0 spiro atoms. The SMILES string of the molecule is CC(C)c1ccc(OCC(=O)N(Cc2cccc(Cl)c2)C(Cc2ccccc2)C(=O)NC(C)(C)C)cc1. The predicted octanol–water partition coefficient (Wildman–Crippen LogP) is 6.40. The standard InChI is InChI=1S/C31H37ClN2O3/c1-22(2)25-14-16-27(17-15-25)37-21-29(35)34(20-24-12-9-13-26(32)18-24)28(30(36)33-31(3,4)5)19-23-10-7-6-8-11-23/h6-18,22,28H,19-21H2,1-5H3,(H,33,36). The number of hydrogen-bond donors (Lipinski definition) is 1. The van der Waals surface area contributed by atoms with Crippen molar-refractivity contribution in [1.29, 1.82) is 0 Å². The molecule has 0 aromatic heterocycles. The van der Waals surface area contributed by atoms with Crippen LogP contribution in [0.5, 0.6) is 5.75 Å². The van der Waals surface area contributed by atoms with Gasteiger partial charge < -0.3 is 15.0 Å². The van der Waals surface area contributed by atoms with E-state index in [1.54, 1.807) is 11.0 Å². The first-order chi connectivity index (χ1) is 17.5. The van der Waals surface area contributed by atoms with Crippen LogP contribution in [-0.2, 0) is 22.6 Å². The third-order valence-corrected chi connectivity index (χ3v) is 6.16. The minimum absolute atomic E-state index is 0.185. The summed E-state index contributed by atoms with van der Waals surface area (Å²) in [6, 6.07) is 24.1. The van der Waals surface area contributed by atoms with Crippen molar-refractivity contribution >= 4 is 23.4 Å². The number of carbonyl (C=O) groups is 2. The van der Waals surface area contributed by atoms with E-state index in [1.165, 1.54) is 5.56 Å². The van der Waals surface area contributed by atoms with Gasteiger partial charge in [0.25, 0.3) is 5.91 Å². The molecule has 3 rings (SSSR count). The Labute approximate surface area is 225 Å². The quantitative estimate of drug-likeness (QED) is 0.336. The summed E-state index contributed by atoms with van der Waals surface area (Å²) in [6.45, 7) is 10.1. The molecule has 0 radical (unpaired) electrons. The highest BCUT2D eigenvalue weighted by Gasteiger charge is 2.32. The van der Waals surface area contributed by atoms with Gasteiger partial charge in [0.1, 0.15) is 11.8 Å². The summed E-state index contributed by atoms with van der Waals surface area (Å²) in [4.78, 5) is 28.8.